The fraction of sp³-hybridized carbons (Fsp3) is 0.300. The van der Waals surface area contributed by atoms with Crippen LogP contribution >= 0.6 is 0 Å². The molecule has 2 rings (SSSR count). The van der Waals surface area contributed by atoms with Crippen molar-refractivity contribution in [3.8, 4) is 0 Å². The van der Waals surface area contributed by atoms with Crippen LogP contribution in [0.3, 0.4) is 0 Å². The average molecular weight is 357 g/mol. The maximum atomic E-state index is 13.7. The van der Waals surface area contributed by atoms with Crippen LogP contribution in [0.25, 0.3) is 0 Å². The summed E-state index contributed by atoms with van der Waals surface area (Å²) in [5, 5.41) is 8.28. The molecule has 1 unspecified atom stereocenters. The topological polar surface area (TPSA) is 70.2 Å². The van der Waals surface area contributed by atoms with Crippen molar-refractivity contribution in [2.75, 3.05) is 18.4 Å². The number of nitrogens with one attached hydrogen (secondary N) is 3. The summed E-state index contributed by atoms with van der Waals surface area (Å²) >= 11 is 0. The van der Waals surface area contributed by atoms with E-state index in [-0.39, 0.29) is 36.8 Å². The Balaban J connectivity index is 1.77. The van der Waals surface area contributed by atoms with Crippen molar-refractivity contribution in [1.29, 1.82) is 0 Å². The van der Waals surface area contributed by atoms with E-state index in [1.165, 1.54) is 6.07 Å². The van der Waals surface area contributed by atoms with Crippen LogP contribution in [-0.2, 0) is 9.59 Å². The SMILES string of the molecule is Cc1cccc(NC(=O)CNC(=O)CNC(C)c2ccccc2F)c1C. The number of benzene rings is 2. The van der Waals surface area contributed by atoms with Gasteiger partial charge in [-0.3, -0.25) is 9.59 Å². The van der Waals surface area contributed by atoms with E-state index in [0.29, 0.717) is 5.56 Å². The highest BCUT2D eigenvalue weighted by Crippen LogP contribution is 2.17. The molecule has 0 saturated carbocycles. The van der Waals surface area contributed by atoms with Crippen molar-refractivity contribution in [2.45, 2.75) is 26.8 Å². The molecule has 2 aromatic carbocycles. The second kappa shape index (κ2) is 9.10. The zero-order valence-electron chi connectivity index (χ0n) is 15.2. The number of amides is 2. The number of hydrogen-bond acceptors (Lipinski definition) is 3. The lowest BCUT2D eigenvalue weighted by atomic mass is 10.1. The third-order valence-electron chi connectivity index (χ3n) is 4.27. The van der Waals surface area contributed by atoms with Crippen LogP contribution in [0.1, 0.15) is 29.7 Å². The largest absolute Gasteiger partial charge is 0.346 e. The zero-order chi connectivity index (χ0) is 19.1. The number of hydrogen-bond donors (Lipinski definition) is 3. The highest BCUT2D eigenvalue weighted by Gasteiger charge is 2.12. The molecule has 0 spiro atoms. The molecule has 2 amide bonds. The number of carbonyl (C=O) groups is 2. The minimum Gasteiger partial charge on any atom is -0.346 e. The molecule has 0 heterocycles. The lowest BCUT2D eigenvalue weighted by molar-refractivity contribution is -0.123. The molecule has 0 aliphatic rings. The average Bonchev–Trinajstić information content (AvgIpc) is 2.62. The van der Waals surface area contributed by atoms with E-state index in [1.807, 2.05) is 32.0 Å². The summed E-state index contributed by atoms with van der Waals surface area (Å²) in [6.07, 6.45) is 0. The van der Waals surface area contributed by atoms with Crippen LogP contribution in [0.15, 0.2) is 42.5 Å². The van der Waals surface area contributed by atoms with Gasteiger partial charge in [0.2, 0.25) is 11.8 Å². The van der Waals surface area contributed by atoms with Gasteiger partial charge in [0.25, 0.3) is 0 Å². The Labute approximate surface area is 153 Å². The van der Waals surface area contributed by atoms with Crippen molar-refractivity contribution < 1.29 is 14.0 Å². The first-order valence-corrected chi connectivity index (χ1v) is 8.49. The van der Waals surface area contributed by atoms with E-state index in [4.69, 9.17) is 0 Å². The third-order valence-corrected chi connectivity index (χ3v) is 4.27. The number of aryl methyl sites for hydroxylation is 1. The third kappa shape index (κ3) is 5.39. The minimum atomic E-state index is -0.329. The molecule has 0 bridgehead atoms. The summed E-state index contributed by atoms with van der Waals surface area (Å²) in [6.45, 7) is 5.54. The number of carbonyl (C=O) groups excluding carboxylic acids is 2. The Morgan fingerprint density at radius 2 is 1.73 bits per heavy atom. The molecule has 0 aliphatic heterocycles. The Hall–Kier alpha value is -2.73. The van der Waals surface area contributed by atoms with Gasteiger partial charge in [-0.2, -0.15) is 0 Å². The Bertz CT molecular complexity index is 792. The molecule has 6 heteroatoms. The summed E-state index contributed by atoms with van der Waals surface area (Å²) < 4.78 is 13.7. The maximum Gasteiger partial charge on any atom is 0.243 e. The van der Waals surface area contributed by atoms with Crippen molar-refractivity contribution >= 4 is 17.5 Å². The van der Waals surface area contributed by atoms with Crippen molar-refractivity contribution in [3.05, 3.63) is 65.0 Å². The molecule has 5 nitrogen and oxygen atoms in total. The molecule has 2 aromatic rings. The predicted octanol–water partition coefficient (Wildman–Crippen LogP) is 2.85. The molecular formula is C20H24FN3O2. The Kier molecular flexibility index (Phi) is 6.86. The van der Waals surface area contributed by atoms with Crippen LogP contribution in [0, 0.1) is 19.7 Å². The second-order valence-corrected chi connectivity index (χ2v) is 6.20. The molecule has 3 N–H and O–H groups in total. The van der Waals surface area contributed by atoms with Gasteiger partial charge in [0.05, 0.1) is 13.1 Å². The highest BCUT2D eigenvalue weighted by atomic mass is 19.1. The summed E-state index contributed by atoms with van der Waals surface area (Å²) in [7, 11) is 0. The standard InChI is InChI=1S/C20H24FN3O2/c1-13-7-6-10-18(14(13)2)24-20(26)12-23-19(25)11-22-15(3)16-8-4-5-9-17(16)21/h4-10,15,22H,11-12H2,1-3H3,(H,23,25)(H,24,26). The summed E-state index contributed by atoms with van der Waals surface area (Å²) in [4.78, 5) is 23.9. The van der Waals surface area contributed by atoms with Crippen LogP contribution in [0.2, 0.25) is 0 Å². The van der Waals surface area contributed by atoms with Crippen molar-refractivity contribution in [2.24, 2.45) is 0 Å². The van der Waals surface area contributed by atoms with E-state index in [0.717, 1.165) is 16.8 Å². The summed E-state index contributed by atoms with van der Waals surface area (Å²) in [5.41, 5.74) is 3.30. The predicted molar refractivity (Wildman–Crippen MR) is 100 cm³/mol. The van der Waals surface area contributed by atoms with Crippen molar-refractivity contribution in [1.82, 2.24) is 10.6 Å². The van der Waals surface area contributed by atoms with Gasteiger partial charge in [-0.05, 0) is 44.0 Å². The van der Waals surface area contributed by atoms with Gasteiger partial charge in [0.15, 0.2) is 0 Å². The van der Waals surface area contributed by atoms with E-state index in [2.05, 4.69) is 16.0 Å². The molecule has 0 aromatic heterocycles. The van der Waals surface area contributed by atoms with E-state index >= 15 is 0 Å². The number of anilines is 1. The van der Waals surface area contributed by atoms with E-state index in [9.17, 15) is 14.0 Å². The van der Waals surface area contributed by atoms with Crippen LogP contribution in [0.5, 0.6) is 0 Å². The molecule has 0 aliphatic carbocycles. The van der Waals surface area contributed by atoms with Crippen LogP contribution < -0.4 is 16.0 Å². The van der Waals surface area contributed by atoms with Gasteiger partial charge in [-0.25, -0.2) is 4.39 Å². The molecule has 1 atom stereocenters. The van der Waals surface area contributed by atoms with Gasteiger partial charge < -0.3 is 16.0 Å². The Morgan fingerprint density at radius 3 is 2.46 bits per heavy atom. The first kappa shape index (κ1) is 19.6. The summed E-state index contributed by atoms with van der Waals surface area (Å²) in [6, 6.07) is 11.7. The van der Waals surface area contributed by atoms with Crippen LogP contribution in [-0.4, -0.2) is 24.9 Å². The van der Waals surface area contributed by atoms with Crippen molar-refractivity contribution in [3.63, 3.8) is 0 Å². The lowest BCUT2D eigenvalue weighted by Gasteiger charge is -2.15. The normalized spacial score (nSPS) is 11.7. The van der Waals surface area contributed by atoms with E-state index < -0.39 is 0 Å². The fourth-order valence-electron chi connectivity index (χ4n) is 2.50. The molecule has 0 fully saturated rings. The number of halogens is 1. The smallest absolute Gasteiger partial charge is 0.243 e. The van der Waals surface area contributed by atoms with Gasteiger partial charge in [0.1, 0.15) is 5.82 Å². The summed E-state index contributed by atoms with van der Waals surface area (Å²) in [5.74, 6) is -0.945. The molecule has 0 radical (unpaired) electrons. The minimum absolute atomic E-state index is 0.00768. The first-order valence-electron chi connectivity index (χ1n) is 8.49. The highest BCUT2D eigenvalue weighted by molar-refractivity contribution is 5.95. The molecule has 26 heavy (non-hydrogen) atoms. The van der Waals surface area contributed by atoms with Gasteiger partial charge >= 0.3 is 0 Å². The zero-order valence-corrected chi connectivity index (χ0v) is 15.2. The van der Waals surface area contributed by atoms with Gasteiger partial charge in [-0.15, -0.1) is 0 Å². The first-order chi connectivity index (χ1) is 12.4. The quantitative estimate of drug-likeness (QED) is 0.714. The fourth-order valence-corrected chi connectivity index (χ4v) is 2.50. The lowest BCUT2D eigenvalue weighted by Crippen LogP contribution is -2.39. The Morgan fingerprint density at radius 1 is 1.00 bits per heavy atom. The maximum absolute atomic E-state index is 13.7. The van der Waals surface area contributed by atoms with E-state index in [1.54, 1.807) is 25.1 Å². The second-order valence-electron chi connectivity index (χ2n) is 6.20. The van der Waals surface area contributed by atoms with Gasteiger partial charge in [-0.1, -0.05) is 30.3 Å². The monoisotopic (exact) mass is 357 g/mol. The number of rotatable bonds is 7. The molecular weight excluding hydrogens is 333 g/mol. The molecule has 138 valence electrons. The molecule has 0 saturated heterocycles. The van der Waals surface area contributed by atoms with Gasteiger partial charge in [0, 0.05) is 17.3 Å². The van der Waals surface area contributed by atoms with Crippen LogP contribution in [0.4, 0.5) is 10.1 Å².